The summed E-state index contributed by atoms with van der Waals surface area (Å²) in [5.74, 6) is 0.866. The highest BCUT2D eigenvalue weighted by molar-refractivity contribution is 6.13. The zero-order chi connectivity index (χ0) is 17.8. The van der Waals surface area contributed by atoms with E-state index in [1.54, 1.807) is 7.11 Å². The first-order valence-electron chi connectivity index (χ1n) is 8.65. The molecule has 4 rings (SSSR count). The van der Waals surface area contributed by atoms with Gasteiger partial charge in [0, 0.05) is 11.1 Å². The summed E-state index contributed by atoms with van der Waals surface area (Å²) in [5.41, 5.74) is 5.35. The lowest BCUT2D eigenvalue weighted by Gasteiger charge is -2.09. The summed E-state index contributed by atoms with van der Waals surface area (Å²) >= 11 is 0. The molecule has 4 aromatic rings. The third-order valence-corrected chi connectivity index (χ3v) is 4.56. The molecule has 0 spiro atoms. The quantitative estimate of drug-likeness (QED) is 0.311. The second-order valence-corrected chi connectivity index (χ2v) is 6.14. The fourth-order valence-corrected chi connectivity index (χ4v) is 3.28. The Labute approximate surface area is 152 Å². The number of methoxy groups -OCH3 is 1. The Hall–Kier alpha value is -3.33. The number of hydrogen-bond donors (Lipinski definition) is 1. The van der Waals surface area contributed by atoms with E-state index in [0.717, 1.165) is 16.9 Å². The van der Waals surface area contributed by atoms with Crippen molar-refractivity contribution in [2.45, 2.75) is 6.54 Å². The van der Waals surface area contributed by atoms with Crippen LogP contribution in [0.25, 0.3) is 21.5 Å². The monoisotopic (exact) mass is 340 g/mol. The number of fused-ring (bicyclic) bond motifs is 2. The van der Waals surface area contributed by atoms with Crippen LogP contribution in [0, 0.1) is 0 Å². The van der Waals surface area contributed by atoms with E-state index in [0.29, 0.717) is 6.54 Å². The largest absolute Gasteiger partial charge is 0.496 e. The first-order valence-corrected chi connectivity index (χ1v) is 8.65. The van der Waals surface area contributed by atoms with Crippen molar-refractivity contribution in [3.8, 4) is 5.75 Å². The summed E-state index contributed by atoms with van der Waals surface area (Å²) < 4.78 is 5.38. The number of nitrogens with zero attached hydrogens (tertiary/aromatic N) is 1. The molecular weight excluding hydrogens is 320 g/mol. The smallest absolute Gasteiger partial charge is 0.123 e. The van der Waals surface area contributed by atoms with E-state index in [4.69, 9.17) is 4.74 Å². The lowest BCUT2D eigenvalue weighted by Crippen LogP contribution is -2.07. The molecule has 3 nitrogen and oxygen atoms in total. The van der Waals surface area contributed by atoms with Gasteiger partial charge in [-0.25, -0.2) is 0 Å². The van der Waals surface area contributed by atoms with Gasteiger partial charge in [-0.05, 0) is 33.7 Å². The average Bonchev–Trinajstić information content (AvgIpc) is 2.70. The van der Waals surface area contributed by atoms with Crippen LogP contribution in [0.2, 0.25) is 0 Å². The highest BCUT2D eigenvalue weighted by Gasteiger charge is 2.05. The molecule has 0 heterocycles. The second kappa shape index (κ2) is 7.28. The van der Waals surface area contributed by atoms with Crippen LogP contribution in [0.1, 0.15) is 11.1 Å². The number of hydrogen-bond acceptors (Lipinski definition) is 3. The number of hydrazone groups is 1. The fraction of sp³-hybridized carbons (Fsp3) is 0.0870. The molecule has 4 aromatic carbocycles. The van der Waals surface area contributed by atoms with Gasteiger partial charge < -0.3 is 10.2 Å². The van der Waals surface area contributed by atoms with Crippen LogP contribution in [-0.2, 0) is 6.54 Å². The highest BCUT2D eigenvalue weighted by Crippen LogP contribution is 2.27. The number of rotatable bonds is 5. The second-order valence-electron chi connectivity index (χ2n) is 6.14. The Morgan fingerprint density at radius 3 is 2.15 bits per heavy atom. The molecule has 0 aliphatic carbocycles. The lowest BCUT2D eigenvalue weighted by atomic mass is 9.97. The van der Waals surface area contributed by atoms with E-state index in [-0.39, 0.29) is 0 Å². The molecule has 0 aromatic heterocycles. The Kier molecular flexibility index (Phi) is 4.52. The van der Waals surface area contributed by atoms with Gasteiger partial charge in [-0.1, -0.05) is 66.7 Å². The van der Waals surface area contributed by atoms with Gasteiger partial charge in [0.1, 0.15) is 5.75 Å². The molecular formula is C23H20N2O. The third-order valence-electron chi connectivity index (χ3n) is 4.56. The van der Waals surface area contributed by atoms with Gasteiger partial charge in [-0.15, -0.1) is 0 Å². The third kappa shape index (κ3) is 3.11. The Bertz CT molecular complexity index is 1030. The van der Waals surface area contributed by atoms with Gasteiger partial charge in [0.2, 0.25) is 0 Å². The van der Waals surface area contributed by atoms with Crippen molar-refractivity contribution >= 4 is 27.8 Å². The van der Waals surface area contributed by atoms with Crippen molar-refractivity contribution in [3.63, 3.8) is 0 Å². The van der Waals surface area contributed by atoms with Gasteiger partial charge in [0.25, 0.3) is 0 Å². The van der Waals surface area contributed by atoms with E-state index in [9.17, 15) is 0 Å². The maximum atomic E-state index is 5.38. The van der Waals surface area contributed by atoms with Crippen molar-refractivity contribution in [3.05, 3.63) is 90.0 Å². The van der Waals surface area contributed by atoms with Gasteiger partial charge in [0.05, 0.1) is 19.9 Å². The predicted octanol–water partition coefficient (Wildman–Crippen LogP) is 5.13. The van der Waals surface area contributed by atoms with Crippen LogP contribution >= 0.6 is 0 Å². The summed E-state index contributed by atoms with van der Waals surface area (Å²) in [6, 6.07) is 27.0. The number of nitrogens with one attached hydrogen (secondary N) is 1. The van der Waals surface area contributed by atoms with Crippen LogP contribution in [0.4, 0.5) is 0 Å². The van der Waals surface area contributed by atoms with E-state index in [1.165, 1.54) is 21.5 Å². The molecule has 0 saturated heterocycles. The summed E-state index contributed by atoms with van der Waals surface area (Å²) in [5, 5.41) is 9.33. The molecule has 26 heavy (non-hydrogen) atoms. The minimum absolute atomic E-state index is 0.614. The molecule has 0 fully saturated rings. The molecule has 0 aliphatic heterocycles. The first kappa shape index (κ1) is 16.2. The van der Waals surface area contributed by atoms with E-state index in [1.807, 2.05) is 30.5 Å². The van der Waals surface area contributed by atoms with E-state index < -0.39 is 0 Å². The molecule has 128 valence electrons. The van der Waals surface area contributed by atoms with Crippen LogP contribution in [0.15, 0.2) is 84.0 Å². The molecule has 0 saturated carbocycles. The first-order chi connectivity index (χ1) is 12.9. The van der Waals surface area contributed by atoms with Crippen molar-refractivity contribution in [2.75, 3.05) is 7.11 Å². The van der Waals surface area contributed by atoms with Crippen LogP contribution in [0.3, 0.4) is 0 Å². The summed E-state index contributed by atoms with van der Waals surface area (Å²) in [6.45, 7) is 0.614. The molecule has 3 heteroatoms. The predicted molar refractivity (Wildman–Crippen MR) is 109 cm³/mol. The van der Waals surface area contributed by atoms with Gasteiger partial charge >= 0.3 is 0 Å². The summed E-state index contributed by atoms with van der Waals surface area (Å²) in [7, 11) is 1.68. The van der Waals surface area contributed by atoms with Gasteiger partial charge in [0.15, 0.2) is 0 Å². The van der Waals surface area contributed by atoms with E-state index in [2.05, 4.69) is 65.1 Å². The Morgan fingerprint density at radius 2 is 1.46 bits per heavy atom. The Balaban J connectivity index is 1.66. The number of benzene rings is 4. The van der Waals surface area contributed by atoms with Crippen molar-refractivity contribution in [2.24, 2.45) is 5.10 Å². The maximum Gasteiger partial charge on any atom is 0.123 e. The molecule has 0 radical (unpaired) electrons. The van der Waals surface area contributed by atoms with Crippen LogP contribution < -0.4 is 10.2 Å². The zero-order valence-corrected chi connectivity index (χ0v) is 14.6. The number of ether oxygens (including phenoxy) is 1. The van der Waals surface area contributed by atoms with Crippen LogP contribution in [-0.4, -0.2) is 13.3 Å². The highest BCUT2D eigenvalue weighted by atomic mass is 16.5. The molecule has 0 aliphatic rings. The average molecular weight is 340 g/mol. The minimum atomic E-state index is 0.614. The van der Waals surface area contributed by atoms with E-state index >= 15 is 0 Å². The van der Waals surface area contributed by atoms with Crippen LogP contribution in [0.5, 0.6) is 5.75 Å². The van der Waals surface area contributed by atoms with Gasteiger partial charge in [-0.2, -0.15) is 5.10 Å². The molecule has 0 amide bonds. The fourth-order valence-electron chi connectivity index (χ4n) is 3.28. The number of para-hydroxylation sites is 1. The normalized spacial score (nSPS) is 11.3. The lowest BCUT2D eigenvalue weighted by molar-refractivity contribution is 0.408. The SMILES string of the molecule is COc1ccccc1CN/N=C/c1c2ccccc2cc2ccccc12. The van der Waals surface area contributed by atoms with Crippen molar-refractivity contribution in [1.82, 2.24) is 5.43 Å². The summed E-state index contributed by atoms with van der Waals surface area (Å²) in [6.07, 6.45) is 1.92. The van der Waals surface area contributed by atoms with Crippen molar-refractivity contribution in [1.29, 1.82) is 0 Å². The molecule has 0 atom stereocenters. The van der Waals surface area contributed by atoms with Gasteiger partial charge in [-0.3, -0.25) is 0 Å². The Morgan fingerprint density at radius 1 is 0.846 bits per heavy atom. The maximum absolute atomic E-state index is 5.38. The molecule has 0 bridgehead atoms. The molecule has 0 unspecified atom stereocenters. The minimum Gasteiger partial charge on any atom is -0.496 e. The standard InChI is InChI=1S/C23H20N2O/c1-26-23-13-7-4-10-19(23)15-24-25-16-22-20-11-5-2-8-17(20)14-18-9-3-6-12-21(18)22/h2-14,16,24H,15H2,1H3/b25-16+. The molecule has 1 N–H and O–H groups in total. The topological polar surface area (TPSA) is 33.6 Å². The zero-order valence-electron chi connectivity index (χ0n) is 14.6. The van der Waals surface area contributed by atoms with Crippen molar-refractivity contribution < 1.29 is 4.74 Å². The summed E-state index contributed by atoms with van der Waals surface area (Å²) in [4.78, 5) is 0.